The van der Waals surface area contributed by atoms with E-state index >= 15 is 0 Å². The van der Waals surface area contributed by atoms with Crippen LogP contribution in [0.3, 0.4) is 0 Å². The van der Waals surface area contributed by atoms with Gasteiger partial charge in [-0.05, 0) is 52.8 Å². The minimum absolute atomic E-state index is 0.505. The molecule has 90 valence electrons. The van der Waals surface area contributed by atoms with E-state index in [0.717, 1.165) is 12.8 Å². The van der Waals surface area contributed by atoms with E-state index in [4.69, 9.17) is 11.6 Å². The van der Waals surface area contributed by atoms with Crippen molar-refractivity contribution in [2.24, 2.45) is 5.92 Å². The molecule has 1 unspecified atom stereocenters. The molecule has 17 heavy (non-hydrogen) atoms. The van der Waals surface area contributed by atoms with Crippen molar-refractivity contribution in [2.45, 2.75) is 12.8 Å². The Hall–Kier alpha value is -0.310. The summed E-state index contributed by atoms with van der Waals surface area (Å²) in [5, 5.41) is 4.33. The van der Waals surface area contributed by atoms with Crippen LogP contribution in [0, 0.1) is 5.92 Å². The van der Waals surface area contributed by atoms with Gasteiger partial charge in [-0.25, -0.2) is 0 Å². The number of thiophene rings is 1. The predicted octanol–water partition coefficient (Wildman–Crippen LogP) is 5.15. The molecule has 1 aromatic heterocycles. The van der Waals surface area contributed by atoms with Gasteiger partial charge in [0, 0.05) is 10.4 Å². The molecule has 1 aromatic carbocycles. The van der Waals surface area contributed by atoms with Crippen molar-refractivity contribution in [1.29, 1.82) is 0 Å². The number of halogens is 2. The van der Waals surface area contributed by atoms with E-state index in [2.05, 4.69) is 51.0 Å². The molecule has 1 heterocycles. The summed E-state index contributed by atoms with van der Waals surface area (Å²) in [5.41, 5.74) is 2.74. The second kappa shape index (κ2) is 6.58. The van der Waals surface area contributed by atoms with Gasteiger partial charge in [-0.3, -0.25) is 0 Å². The summed E-state index contributed by atoms with van der Waals surface area (Å²) < 4.78 is 1.18. The van der Waals surface area contributed by atoms with Gasteiger partial charge >= 0.3 is 0 Å². The minimum atomic E-state index is 0.505. The molecule has 0 saturated carbocycles. The molecule has 0 aliphatic heterocycles. The molecule has 2 aromatic rings. The molecule has 1 atom stereocenters. The molecule has 3 heteroatoms. The van der Waals surface area contributed by atoms with Crippen molar-refractivity contribution in [2.75, 3.05) is 5.88 Å². The molecule has 2 rings (SSSR count). The van der Waals surface area contributed by atoms with Gasteiger partial charge in [0.1, 0.15) is 0 Å². The zero-order chi connectivity index (χ0) is 12.1. The van der Waals surface area contributed by atoms with Gasteiger partial charge < -0.3 is 0 Å². The lowest BCUT2D eigenvalue weighted by Crippen LogP contribution is -2.10. The van der Waals surface area contributed by atoms with E-state index in [1.54, 1.807) is 11.3 Å². The zero-order valence-electron chi connectivity index (χ0n) is 9.40. The molecule has 0 saturated heterocycles. The summed E-state index contributed by atoms with van der Waals surface area (Å²) in [7, 11) is 0. The first-order valence-corrected chi connectivity index (χ1v) is 7.87. The zero-order valence-corrected chi connectivity index (χ0v) is 12.6. The number of hydrogen-bond donors (Lipinski definition) is 0. The van der Waals surface area contributed by atoms with E-state index in [-0.39, 0.29) is 0 Å². The predicted molar refractivity (Wildman–Crippen MR) is 80.1 cm³/mol. The van der Waals surface area contributed by atoms with E-state index in [1.165, 1.54) is 15.6 Å². The molecule has 0 aliphatic rings. The van der Waals surface area contributed by atoms with E-state index in [9.17, 15) is 0 Å². The molecule has 0 aliphatic carbocycles. The first-order valence-electron chi connectivity index (χ1n) is 5.60. The molecule has 0 spiro atoms. The molecule has 0 fully saturated rings. The summed E-state index contributed by atoms with van der Waals surface area (Å²) in [6.45, 7) is 0. The van der Waals surface area contributed by atoms with Crippen LogP contribution < -0.4 is 0 Å². The molecule has 0 bridgehead atoms. The van der Waals surface area contributed by atoms with Gasteiger partial charge in [-0.15, -0.1) is 11.6 Å². The maximum absolute atomic E-state index is 6.07. The van der Waals surface area contributed by atoms with E-state index in [0.29, 0.717) is 11.8 Å². The van der Waals surface area contributed by atoms with Crippen molar-refractivity contribution in [3.63, 3.8) is 0 Å². The van der Waals surface area contributed by atoms with Gasteiger partial charge in [0.05, 0.1) is 0 Å². The van der Waals surface area contributed by atoms with Gasteiger partial charge in [0.15, 0.2) is 0 Å². The van der Waals surface area contributed by atoms with Crippen LogP contribution in [0.5, 0.6) is 0 Å². The molecule has 0 radical (unpaired) electrons. The van der Waals surface area contributed by atoms with Crippen LogP contribution in [0.25, 0.3) is 0 Å². The third-order valence-electron chi connectivity index (χ3n) is 2.79. The molecular formula is C14H14BrClS. The highest BCUT2D eigenvalue weighted by Crippen LogP contribution is 2.23. The van der Waals surface area contributed by atoms with Gasteiger partial charge in [-0.2, -0.15) is 11.3 Å². The summed E-state index contributed by atoms with van der Waals surface area (Å²) in [4.78, 5) is 0. The first-order chi connectivity index (χ1) is 8.29. The van der Waals surface area contributed by atoms with Crippen molar-refractivity contribution < 1.29 is 0 Å². The van der Waals surface area contributed by atoms with Crippen molar-refractivity contribution in [1.82, 2.24) is 0 Å². The first kappa shape index (κ1) is 13.1. The highest BCUT2D eigenvalue weighted by Gasteiger charge is 2.11. The number of rotatable bonds is 5. The second-order valence-corrected chi connectivity index (χ2v) is 6.09. The highest BCUT2D eigenvalue weighted by atomic mass is 79.9. The quantitative estimate of drug-likeness (QED) is 0.665. The van der Waals surface area contributed by atoms with Crippen LogP contribution in [-0.2, 0) is 12.8 Å². The van der Waals surface area contributed by atoms with Crippen LogP contribution in [0.2, 0.25) is 0 Å². The van der Waals surface area contributed by atoms with Crippen LogP contribution >= 0.6 is 38.9 Å². The fraction of sp³-hybridized carbons (Fsp3) is 0.286. The van der Waals surface area contributed by atoms with Crippen LogP contribution in [0.1, 0.15) is 11.1 Å². The van der Waals surface area contributed by atoms with Gasteiger partial charge in [0.25, 0.3) is 0 Å². The Bertz CT molecular complexity index is 453. The third kappa shape index (κ3) is 3.84. The summed E-state index contributed by atoms with van der Waals surface area (Å²) in [6.07, 6.45) is 2.09. The SMILES string of the molecule is ClCC(Cc1ccsc1)Cc1ccccc1Br. The summed E-state index contributed by atoms with van der Waals surface area (Å²) >= 11 is 11.4. The Labute approximate surface area is 120 Å². The maximum Gasteiger partial charge on any atom is 0.0258 e. The number of alkyl halides is 1. The molecular weight excluding hydrogens is 316 g/mol. The lowest BCUT2D eigenvalue weighted by atomic mass is 9.95. The second-order valence-electron chi connectivity index (χ2n) is 4.15. The fourth-order valence-electron chi connectivity index (χ4n) is 1.90. The Kier molecular flexibility index (Phi) is 5.08. The van der Waals surface area contributed by atoms with E-state index in [1.807, 2.05) is 6.07 Å². The van der Waals surface area contributed by atoms with Gasteiger partial charge in [0.2, 0.25) is 0 Å². The number of hydrogen-bond acceptors (Lipinski definition) is 1. The van der Waals surface area contributed by atoms with E-state index < -0.39 is 0 Å². The van der Waals surface area contributed by atoms with Crippen LogP contribution in [0.15, 0.2) is 45.6 Å². The van der Waals surface area contributed by atoms with Gasteiger partial charge in [-0.1, -0.05) is 34.1 Å². The third-order valence-corrected chi connectivity index (χ3v) is 4.73. The molecule has 0 amide bonds. The molecule has 0 nitrogen and oxygen atoms in total. The molecule has 0 N–H and O–H groups in total. The van der Waals surface area contributed by atoms with Crippen molar-refractivity contribution in [3.8, 4) is 0 Å². The largest absolute Gasteiger partial charge is 0.152 e. The lowest BCUT2D eigenvalue weighted by molar-refractivity contribution is 0.584. The highest BCUT2D eigenvalue weighted by molar-refractivity contribution is 9.10. The number of benzene rings is 1. The van der Waals surface area contributed by atoms with Crippen molar-refractivity contribution in [3.05, 3.63) is 56.7 Å². The smallest absolute Gasteiger partial charge is 0.0258 e. The Balaban J connectivity index is 2.03. The Morgan fingerprint density at radius 3 is 2.65 bits per heavy atom. The fourth-order valence-corrected chi connectivity index (χ4v) is 3.24. The Morgan fingerprint density at radius 1 is 1.18 bits per heavy atom. The van der Waals surface area contributed by atoms with Crippen LogP contribution in [-0.4, -0.2) is 5.88 Å². The average Bonchev–Trinajstić information content (AvgIpc) is 2.84. The lowest BCUT2D eigenvalue weighted by Gasteiger charge is -2.14. The normalized spacial score (nSPS) is 12.6. The topological polar surface area (TPSA) is 0 Å². The van der Waals surface area contributed by atoms with Crippen LogP contribution in [0.4, 0.5) is 0 Å². The maximum atomic E-state index is 6.07. The summed E-state index contributed by atoms with van der Waals surface area (Å²) in [6, 6.07) is 10.6. The monoisotopic (exact) mass is 328 g/mol. The van der Waals surface area contributed by atoms with Crippen molar-refractivity contribution >= 4 is 38.9 Å². The standard InChI is InChI=1S/C14H14BrClS/c15-14-4-2-1-3-13(14)8-12(9-16)7-11-5-6-17-10-11/h1-6,10,12H,7-9H2. The minimum Gasteiger partial charge on any atom is -0.152 e. The average molecular weight is 330 g/mol. The Morgan fingerprint density at radius 2 is 2.00 bits per heavy atom. The summed E-state index contributed by atoms with van der Waals surface area (Å²) in [5.74, 6) is 1.21.